The Bertz CT molecular complexity index is 1030. The summed E-state index contributed by atoms with van der Waals surface area (Å²) in [4.78, 5) is 16.5. The first-order chi connectivity index (χ1) is 14.5. The molecule has 2 atom stereocenters. The van der Waals surface area contributed by atoms with Crippen LogP contribution in [0, 0.1) is 17.8 Å². The van der Waals surface area contributed by atoms with Gasteiger partial charge in [0.2, 0.25) is 10.0 Å². The van der Waals surface area contributed by atoms with Gasteiger partial charge in [-0.2, -0.15) is 4.31 Å². The van der Waals surface area contributed by atoms with Crippen LogP contribution in [0.4, 0.5) is 0 Å². The summed E-state index contributed by atoms with van der Waals surface area (Å²) in [6, 6.07) is 8.51. The van der Waals surface area contributed by atoms with Gasteiger partial charge in [0.05, 0.1) is 12.0 Å². The Balaban J connectivity index is 1.87. The van der Waals surface area contributed by atoms with E-state index < -0.39 is 22.0 Å². The van der Waals surface area contributed by atoms with Crippen molar-refractivity contribution in [3.8, 4) is 17.6 Å². The van der Waals surface area contributed by atoms with E-state index in [-0.39, 0.29) is 17.4 Å². The van der Waals surface area contributed by atoms with Crippen LogP contribution in [0.2, 0.25) is 0 Å². The number of nitrogens with one attached hydrogen (secondary N) is 1. The normalized spacial score (nSPS) is 19.4. The van der Waals surface area contributed by atoms with Crippen LogP contribution in [0.5, 0.6) is 5.75 Å². The number of piperidine rings is 1. The van der Waals surface area contributed by atoms with Crippen LogP contribution < -0.4 is 10.2 Å². The van der Waals surface area contributed by atoms with Crippen molar-refractivity contribution in [3.05, 3.63) is 54.4 Å². The third kappa shape index (κ3) is 4.79. The first kappa shape index (κ1) is 21.8. The second-order valence-corrected chi connectivity index (χ2v) is 8.75. The van der Waals surface area contributed by atoms with Crippen molar-refractivity contribution in [1.29, 1.82) is 0 Å². The van der Waals surface area contributed by atoms with Crippen LogP contribution in [0.15, 0.2) is 53.7 Å². The zero-order valence-electron chi connectivity index (χ0n) is 16.5. The van der Waals surface area contributed by atoms with Gasteiger partial charge in [-0.25, -0.2) is 13.9 Å². The zero-order chi connectivity index (χ0) is 21.6. The molecule has 158 valence electrons. The molecule has 2 heterocycles. The van der Waals surface area contributed by atoms with E-state index in [0.29, 0.717) is 25.0 Å². The number of carbonyl (C=O) groups excluding carboxylic acids is 1. The Morgan fingerprint density at radius 3 is 2.73 bits per heavy atom. The molecule has 1 aliphatic rings. The van der Waals surface area contributed by atoms with Gasteiger partial charge >= 0.3 is 0 Å². The summed E-state index contributed by atoms with van der Waals surface area (Å²) < 4.78 is 32.7. The monoisotopic (exact) mass is 429 g/mol. The number of nitrogens with zero attached hydrogens (tertiary/aromatic N) is 2. The third-order valence-corrected chi connectivity index (χ3v) is 6.91. The molecule has 0 aliphatic carbocycles. The molecule has 2 N–H and O–H groups in total. The maximum Gasteiger partial charge on any atom is 0.262 e. The number of amides is 1. The lowest BCUT2D eigenvalue weighted by Crippen LogP contribution is -2.55. The fourth-order valence-electron chi connectivity index (χ4n) is 3.54. The van der Waals surface area contributed by atoms with E-state index in [2.05, 4.69) is 16.8 Å². The second kappa shape index (κ2) is 9.71. The fraction of sp³-hybridized carbons (Fsp3) is 0.333. The number of ether oxygens (including phenoxy) is 1. The first-order valence-corrected chi connectivity index (χ1v) is 10.9. The van der Waals surface area contributed by atoms with Crippen LogP contribution >= 0.6 is 0 Å². The summed E-state index contributed by atoms with van der Waals surface area (Å²) in [6.07, 6.45) is 4.79. The van der Waals surface area contributed by atoms with Crippen molar-refractivity contribution >= 4 is 15.9 Å². The molecule has 0 saturated carbocycles. The Morgan fingerprint density at radius 2 is 2.10 bits per heavy atom. The van der Waals surface area contributed by atoms with Gasteiger partial charge in [-0.05, 0) is 55.2 Å². The predicted octanol–water partition coefficient (Wildman–Crippen LogP) is 1.81. The summed E-state index contributed by atoms with van der Waals surface area (Å²) in [6.45, 7) is 0.180. The highest BCUT2D eigenvalue weighted by Gasteiger charge is 2.42. The summed E-state index contributed by atoms with van der Waals surface area (Å²) in [5.74, 6) is 5.40. The number of carbonyl (C=O) groups is 1. The zero-order valence-corrected chi connectivity index (χ0v) is 17.3. The summed E-state index contributed by atoms with van der Waals surface area (Å²) in [5.41, 5.74) is 2.36. The largest absolute Gasteiger partial charge is 0.497 e. The lowest BCUT2D eigenvalue weighted by molar-refractivity contribution is -0.135. The van der Waals surface area contributed by atoms with E-state index in [9.17, 15) is 18.4 Å². The number of benzene rings is 1. The van der Waals surface area contributed by atoms with E-state index >= 15 is 0 Å². The van der Waals surface area contributed by atoms with Gasteiger partial charge in [-0.3, -0.25) is 15.0 Å². The van der Waals surface area contributed by atoms with Gasteiger partial charge < -0.3 is 4.74 Å². The standard InChI is InChI=1S/C21H23N3O5S/c1-29-18-9-11-19(12-10-18)30(27,28)24-14-4-8-17(20(24)21(25)23-26)7-2-5-16-6-3-13-22-15-16/h3,6,9-13,15,17,20,26H,4,7-8,14H2,1H3,(H,23,25)/t17-,20+/m0/s1. The summed E-state index contributed by atoms with van der Waals surface area (Å²) >= 11 is 0. The van der Waals surface area contributed by atoms with Crippen LogP contribution in [-0.4, -0.2) is 48.5 Å². The average Bonchev–Trinajstić information content (AvgIpc) is 2.79. The highest BCUT2D eigenvalue weighted by atomic mass is 32.2. The molecular weight excluding hydrogens is 406 g/mol. The minimum absolute atomic E-state index is 0.0566. The van der Waals surface area contributed by atoms with Gasteiger partial charge in [0, 0.05) is 30.9 Å². The quantitative estimate of drug-likeness (QED) is 0.426. The SMILES string of the molecule is COc1ccc(S(=O)(=O)N2CCC[C@H](CC#Cc3cccnc3)[C@@H]2C(=O)NO)cc1. The number of hydrogen-bond donors (Lipinski definition) is 2. The molecule has 1 fully saturated rings. The maximum absolute atomic E-state index is 13.2. The van der Waals surface area contributed by atoms with Crippen LogP contribution in [0.25, 0.3) is 0 Å². The van der Waals surface area contributed by atoms with Gasteiger partial charge in [0.1, 0.15) is 11.8 Å². The number of hydrogen-bond acceptors (Lipinski definition) is 6. The lowest BCUT2D eigenvalue weighted by Gasteiger charge is -2.38. The highest BCUT2D eigenvalue weighted by molar-refractivity contribution is 7.89. The topological polar surface area (TPSA) is 109 Å². The van der Waals surface area contributed by atoms with E-state index in [4.69, 9.17) is 4.74 Å². The second-order valence-electron chi connectivity index (χ2n) is 6.86. The fourth-order valence-corrected chi connectivity index (χ4v) is 5.23. The lowest BCUT2D eigenvalue weighted by atomic mass is 9.87. The smallest absolute Gasteiger partial charge is 0.262 e. The van der Waals surface area contributed by atoms with E-state index in [1.54, 1.807) is 36.1 Å². The maximum atomic E-state index is 13.2. The molecule has 0 bridgehead atoms. The molecule has 2 aromatic rings. The predicted molar refractivity (Wildman–Crippen MR) is 109 cm³/mol. The van der Waals surface area contributed by atoms with Crippen LogP contribution in [0.1, 0.15) is 24.8 Å². The molecular formula is C21H23N3O5S. The number of hydroxylamine groups is 1. The number of aromatic nitrogens is 1. The van der Waals surface area contributed by atoms with Gasteiger partial charge in [-0.15, -0.1) is 0 Å². The Hall–Kier alpha value is -2.93. The van der Waals surface area contributed by atoms with Crippen molar-refractivity contribution in [2.75, 3.05) is 13.7 Å². The van der Waals surface area contributed by atoms with Crippen molar-refractivity contribution in [2.45, 2.75) is 30.2 Å². The minimum Gasteiger partial charge on any atom is -0.497 e. The van der Waals surface area contributed by atoms with E-state index in [0.717, 1.165) is 9.87 Å². The Morgan fingerprint density at radius 1 is 1.33 bits per heavy atom. The molecule has 30 heavy (non-hydrogen) atoms. The van der Waals surface area contributed by atoms with Crippen molar-refractivity contribution in [1.82, 2.24) is 14.8 Å². The number of pyridine rings is 1. The van der Waals surface area contributed by atoms with Crippen molar-refractivity contribution < 1.29 is 23.2 Å². The molecule has 3 rings (SSSR count). The molecule has 9 heteroatoms. The van der Waals surface area contributed by atoms with Crippen molar-refractivity contribution in [3.63, 3.8) is 0 Å². The van der Waals surface area contributed by atoms with E-state index in [1.807, 2.05) is 6.07 Å². The van der Waals surface area contributed by atoms with Gasteiger partial charge in [0.25, 0.3) is 5.91 Å². The number of methoxy groups -OCH3 is 1. The van der Waals surface area contributed by atoms with Crippen LogP contribution in [-0.2, 0) is 14.8 Å². The molecule has 8 nitrogen and oxygen atoms in total. The minimum atomic E-state index is -3.95. The summed E-state index contributed by atoms with van der Waals surface area (Å²) in [7, 11) is -2.46. The molecule has 1 amide bonds. The van der Waals surface area contributed by atoms with E-state index in [1.165, 1.54) is 19.2 Å². The molecule has 1 aromatic heterocycles. The van der Waals surface area contributed by atoms with Gasteiger partial charge in [-0.1, -0.05) is 11.8 Å². The van der Waals surface area contributed by atoms with Gasteiger partial charge in [0.15, 0.2) is 0 Å². The Labute approximate surface area is 175 Å². The molecule has 1 saturated heterocycles. The van der Waals surface area contributed by atoms with Crippen molar-refractivity contribution in [2.24, 2.45) is 5.92 Å². The van der Waals surface area contributed by atoms with Crippen LogP contribution in [0.3, 0.4) is 0 Å². The summed E-state index contributed by atoms with van der Waals surface area (Å²) in [5, 5.41) is 9.25. The number of sulfonamides is 1. The molecule has 0 unspecified atom stereocenters. The molecule has 0 radical (unpaired) electrons. The molecule has 1 aromatic carbocycles. The molecule has 0 spiro atoms. The third-order valence-electron chi connectivity index (χ3n) is 5.01. The first-order valence-electron chi connectivity index (χ1n) is 9.46. The highest BCUT2D eigenvalue weighted by Crippen LogP contribution is 2.32. The molecule has 1 aliphatic heterocycles. The Kier molecular flexibility index (Phi) is 7.05. The number of rotatable bonds is 5. The average molecular weight is 429 g/mol.